The summed E-state index contributed by atoms with van der Waals surface area (Å²) in [6.07, 6.45) is 108. The fourth-order valence-corrected chi connectivity index (χ4v) is 13.2. The summed E-state index contributed by atoms with van der Waals surface area (Å²) in [4.78, 5) is 24.6. The molecule has 6 nitrogen and oxygen atoms in total. The van der Waals surface area contributed by atoms with Gasteiger partial charge in [0.25, 0.3) is 0 Å². The van der Waals surface area contributed by atoms with Crippen molar-refractivity contribution >= 4 is 11.9 Å². The van der Waals surface area contributed by atoms with Crippen LogP contribution in [-0.2, 0) is 14.3 Å². The van der Waals surface area contributed by atoms with Gasteiger partial charge in [-0.15, -0.1) is 0 Å². The van der Waals surface area contributed by atoms with Crippen LogP contribution >= 0.6 is 0 Å². The summed E-state index contributed by atoms with van der Waals surface area (Å²) >= 11 is 0. The number of aliphatic hydroxyl groups is 2. The fraction of sp³-hybridized carbons (Fsp3) is 0.884. The SMILES string of the molecule is CCCCCC/C=C\CCCCCCCC(=O)OCCCCCCCCCCCCCCC/C=C\C/C=C\CCCCCCCCCCCCCCCCCCCC(=O)NC(CO)C(O)/C=C/CCCCCCCCCCCCCCCCCCCCCCCCC. The number of ether oxygens (including phenoxy) is 1. The molecule has 0 aromatic rings. The van der Waals surface area contributed by atoms with Gasteiger partial charge in [-0.2, -0.15) is 0 Å². The first kappa shape index (κ1) is 89.8. The Labute approximate surface area is 576 Å². The van der Waals surface area contributed by atoms with Crippen molar-refractivity contribution in [3.05, 3.63) is 48.6 Å². The number of esters is 1. The Balaban J connectivity index is 3.39. The molecule has 6 heteroatoms. The van der Waals surface area contributed by atoms with Crippen LogP contribution in [0, 0.1) is 0 Å². The molecule has 0 aliphatic carbocycles. The molecule has 0 saturated carbocycles. The molecule has 0 rings (SSSR count). The number of carbonyl (C=O) groups is 2. The Kier molecular flexibility index (Phi) is 79.3. The lowest BCUT2D eigenvalue weighted by atomic mass is 10.0. The smallest absolute Gasteiger partial charge is 0.305 e. The standard InChI is InChI=1S/C86H163NO5/c1-3-5-7-9-11-13-15-17-18-19-20-21-22-36-39-42-45-48-51-55-58-62-66-70-74-78-84(89)83(82-88)87-85(90)79-75-71-67-63-59-56-52-49-46-43-40-37-34-32-30-28-26-24-23-25-27-29-31-33-35-38-41-44-47-50-53-57-61-65-69-73-77-81-92-86(91)80-76-72-68-64-60-54-16-14-12-10-8-6-4-2/h14,16,23,25,29,31,74,78,83-84,88-89H,3-13,15,17-22,24,26-28,30,32-73,75-77,79-82H2,1-2H3,(H,87,90)/b16-14-,25-23-,31-29-,78-74+. The average Bonchev–Trinajstić information content (AvgIpc) is 3.55. The van der Waals surface area contributed by atoms with Gasteiger partial charge in [0.1, 0.15) is 0 Å². The summed E-state index contributed by atoms with van der Waals surface area (Å²) in [5.74, 6) is -0.0504. The number of aliphatic hydroxyl groups excluding tert-OH is 2. The first-order chi connectivity index (χ1) is 45.5. The molecule has 2 atom stereocenters. The van der Waals surface area contributed by atoms with Crippen molar-refractivity contribution in [1.29, 1.82) is 0 Å². The summed E-state index contributed by atoms with van der Waals surface area (Å²) in [5, 5.41) is 23.3. The molecule has 0 aromatic heterocycles. The van der Waals surface area contributed by atoms with E-state index in [1.807, 2.05) is 6.08 Å². The lowest BCUT2D eigenvalue weighted by Crippen LogP contribution is -2.45. The minimum absolute atomic E-state index is 0.00977. The molecule has 0 saturated heterocycles. The molecule has 542 valence electrons. The van der Waals surface area contributed by atoms with Crippen LogP contribution in [0.5, 0.6) is 0 Å². The maximum atomic E-state index is 12.6. The Hall–Kier alpha value is -2.18. The zero-order valence-corrected chi connectivity index (χ0v) is 62.3. The fourth-order valence-electron chi connectivity index (χ4n) is 13.2. The Morgan fingerprint density at radius 1 is 0.304 bits per heavy atom. The van der Waals surface area contributed by atoms with Gasteiger partial charge in [-0.3, -0.25) is 9.59 Å². The molecule has 1 amide bonds. The maximum Gasteiger partial charge on any atom is 0.305 e. The van der Waals surface area contributed by atoms with Crippen LogP contribution in [0.3, 0.4) is 0 Å². The summed E-state index contributed by atoms with van der Waals surface area (Å²) in [6, 6.07) is -0.628. The minimum atomic E-state index is -0.845. The van der Waals surface area contributed by atoms with E-state index in [4.69, 9.17) is 4.74 Å². The Morgan fingerprint density at radius 2 is 0.543 bits per heavy atom. The van der Waals surface area contributed by atoms with Crippen molar-refractivity contribution in [1.82, 2.24) is 5.32 Å². The molecule has 0 spiro atoms. The van der Waals surface area contributed by atoms with Crippen LogP contribution in [0.15, 0.2) is 48.6 Å². The van der Waals surface area contributed by atoms with Crippen molar-refractivity contribution in [3.63, 3.8) is 0 Å². The van der Waals surface area contributed by atoms with Gasteiger partial charge < -0.3 is 20.3 Å². The number of hydrogen-bond donors (Lipinski definition) is 3. The maximum absolute atomic E-state index is 12.6. The van der Waals surface area contributed by atoms with E-state index in [1.54, 1.807) is 6.08 Å². The number of unbranched alkanes of at least 4 members (excludes halogenated alkanes) is 62. The first-order valence-corrected chi connectivity index (χ1v) is 41.9. The van der Waals surface area contributed by atoms with Crippen LogP contribution in [0.4, 0.5) is 0 Å². The number of amides is 1. The van der Waals surface area contributed by atoms with Crippen molar-refractivity contribution in [2.24, 2.45) is 0 Å². The van der Waals surface area contributed by atoms with Gasteiger partial charge in [0, 0.05) is 12.8 Å². The highest BCUT2D eigenvalue weighted by molar-refractivity contribution is 5.76. The summed E-state index contributed by atoms with van der Waals surface area (Å²) in [7, 11) is 0. The van der Waals surface area contributed by atoms with Crippen LogP contribution < -0.4 is 5.32 Å². The number of hydrogen-bond acceptors (Lipinski definition) is 5. The molecule has 92 heavy (non-hydrogen) atoms. The number of rotatable bonds is 79. The van der Waals surface area contributed by atoms with Crippen molar-refractivity contribution in [2.45, 2.75) is 475 Å². The molecule has 3 N–H and O–H groups in total. The number of allylic oxidation sites excluding steroid dienone is 7. The van der Waals surface area contributed by atoms with Crippen LogP contribution in [0.2, 0.25) is 0 Å². The molecule has 2 unspecified atom stereocenters. The topological polar surface area (TPSA) is 95.9 Å². The summed E-state index contributed by atoms with van der Waals surface area (Å²) < 4.78 is 5.49. The van der Waals surface area contributed by atoms with Gasteiger partial charge in [-0.05, 0) is 89.9 Å². The van der Waals surface area contributed by atoms with E-state index in [0.29, 0.717) is 19.4 Å². The molecular formula is C86H163NO5. The third kappa shape index (κ3) is 76.8. The zero-order chi connectivity index (χ0) is 66.3. The molecular weight excluding hydrogens is 1130 g/mol. The van der Waals surface area contributed by atoms with E-state index >= 15 is 0 Å². The molecule has 0 fully saturated rings. The van der Waals surface area contributed by atoms with E-state index in [2.05, 4.69) is 55.6 Å². The van der Waals surface area contributed by atoms with Crippen LogP contribution in [0.25, 0.3) is 0 Å². The number of nitrogens with one attached hydrogen (secondary N) is 1. The van der Waals surface area contributed by atoms with E-state index in [0.717, 1.165) is 51.4 Å². The normalized spacial score (nSPS) is 12.7. The molecule has 0 heterocycles. The molecule has 0 bridgehead atoms. The van der Waals surface area contributed by atoms with E-state index in [9.17, 15) is 19.8 Å². The molecule has 0 radical (unpaired) electrons. The third-order valence-corrected chi connectivity index (χ3v) is 19.6. The lowest BCUT2D eigenvalue weighted by Gasteiger charge is -2.20. The largest absolute Gasteiger partial charge is 0.466 e. The van der Waals surface area contributed by atoms with Gasteiger partial charge in [0.2, 0.25) is 5.91 Å². The second-order valence-electron chi connectivity index (χ2n) is 28.8. The van der Waals surface area contributed by atoms with Crippen molar-refractivity contribution < 1.29 is 24.5 Å². The molecule has 0 aliphatic rings. The second kappa shape index (κ2) is 81.2. The Bertz CT molecular complexity index is 1540. The highest BCUT2D eigenvalue weighted by Gasteiger charge is 2.18. The third-order valence-electron chi connectivity index (χ3n) is 19.6. The monoisotopic (exact) mass is 1290 g/mol. The lowest BCUT2D eigenvalue weighted by molar-refractivity contribution is -0.143. The number of carbonyl (C=O) groups excluding carboxylic acids is 2. The Morgan fingerprint density at radius 3 is 0.848 bits per heavy atom. The van der Waals surface area contributed by atoms with Gasteiger partial charge >= 0.3 is 5.97 Å². The molecule has 0 aliphatic heterocycles. The van der Waals surface area contributed by atoms with Crippen molar-refractivity contribution in [2.75, 3.05) is 13.2 Å². The van der Waals surface area contributed by atoms with Gasteiger partial charge in [-0.1, -0.05) is 409 Å². The van der Waals surface area contributed by atoms with E-state index in [-0.39, 0.29) is 18.5 Å². The first-order valence-electron chi connectivity index (χ1n) is 41.9. The molecule has 0 aromatic carbocycles. The predicted octanol–water partition coefficient (Wildman–Crippen LogP) is 27.9. The van der Waals surface area contributed by atoms with Gasteiger partial charge in [0.15, 0.2) is 0 Å². The van der Waals surface area contributed by atoms with E-state index in [1.165, 1.54) is 385 Å². The van der Waals surface area contributed by atoms with Crippen LogP contribution in [-0.4, -0.2) is 47.4 Å². The summed E-state index contributed by atoms with van der Waals surface area (Å²) in [5.41, 5.74) is 0. The highest BCUT2D eigenvalue weighted by Crippen LogP contribution is 2.20. The summed E-state index contributed by atoms with van der Waals surface area (Å²) in [6.45, 7) is 4.93. The zero-order valence-electron chi connectivity index (χ0n) is 62.3. The predicted molar refractivity (Wildman–Crippen MR) is 407 cm³/mol. The quantitative estimate of drug-likeness (QED) is 0.0320. The average molecular weight is 1290 g/mol. The van der Waals surface area contributed by atoms with Crippen molar-refractivity contribution in [3.8, 4) is 0 Å². The van der Waals surface area contributed by atoms with Crippen LogP contribution in [0.1, 0.15) is 463 Å². The highest BCUT2D eigenvalue weighted by atomic mass is 16.5. The van der Waals surface area contributed by atoms with Gasteiger partial charge in [-0.25, -0.2) is 0 Å². The van der Waals surface area contributed by atoms with Gasteiger partial charge in [0.05, 0.1) is 25.4 Å². The minimum Gasteiger partial charge on any atom is -0.466 e. The van der Waals surface area contributed by atoms with E-state index < -0.39 is 12.1 Å². The second-order valence-corrected chi connectivity index (χ2v) is 28.8.